The van der Waals surface area contributed by atoms with E-state index in [0.717, 1.165) is 12.1 Å². The van der Waals surface area contributed by atoms with E-state index in [4.69, 9.17) is 5.73 Å². The topological polar surface area (TPSA) is 75.4 Å². The van der Waals surface area contributed by atoms with Gasteiger partial charge in [0.2, 0.25) is 5.91 Å². The summed E-state index contributed by atoms with van der Waals surface area (Å²) in [4.78, 5) is 24.7. The quantitative estimate of drug-likeness (QED) is 0.601. The molecule has 5 nitrogen and oxygen atoms in total. The van der Waals surface area contributed by atoms with Gasteiger partial charge >= 0.3 is 0 Å². The normalized spacial score (nSPS) is 10.1. The largest absolute Gasteiger partial charge is 0.398 e. The van der Waals surface area contributed by atoms with Crippen LogP contribution in [0.25, 0.3) is 0 Å². The minimum atomic E-state index is -0.0626. The van der Waals surface area contributed by atoms with Gasteiger partial charge in [0, 0.05) is 30.5 Å². The molecule has 0 aliphatic heterocycles. The SMILES string of the molecule is CCCNC(=O)CN(C)c1ccc(C(C)=O)c(N)c1. The number of amides is 1. The smallest absolute Gasteiger partial charge is 0.239 e. The number of nitrogen functional groups attached to an aromatic ring is 1. The Balaban J connectivity index is 2.72. The zero-order valence-corrected chi connectivity index (χ0v) is 11.7. The Kier molecular flexibility index (Phi) is 5.36. The Morgan fingerprint density at radius 2 is 2.05 bits per heavy atom. The number of rotatable bonds is 6. The molecule has 1 rings (SSSR count). The second-order valence-corrected chi connectivity index (χ2v) is 4.53. The highest BCUT2D eigenvalue weighted by atomic mass is 16.2. The van der Waals surface area contributed by atoms with E-state index in [0.29, 0.717) is 17.8 Å². The summed E-state index contributed by atoms with van der Waals surface area (Å²) in [5, 5.41) is 2.81. The summed E-state index contributed by atoms with van der Waals surface area (Å²) in [5.41, 5.74) is 7.58. The van der Waals surface area contributed by atoms with Gasteiger partial charge in [0.1, 0.15) is 0 Å². The van der Waals surface area contributed by atoms with E-state index in [1.165, 1.54) is 6.92 Å². The van der Waals surface area contributed by atoms with Gasteiger partial charge in [-0.25, -0.2) is 0 Å². The molecular weight excluding hydrogens is 242 g/mol. The van der Waals surface area contributed by atoms with Crippen molar-refractivity contribution in [3.05, 3.63) is 23.8 Å². The number of carbonyl (C=O) groups is 2. The zero-order chi connectivity index (χ0) is 14.4. The van der Waals surface area contributed by atoms with Crippen LogP contribution in [0.2, 0.25) is 0 Å². The fraction of sp³-hybridized carbons (Fsp3) is 0.429. The zero-order valence-electron chi connectivity index (χ0n) is 11.7. The molecule has 0 heterocycles. The van der Waals surface area contributed by atoms with Gasteiger partial charge in [-0.1, -0.05) is 6.92 Å². The molecule has 0 aliphatic rings. The van der Waals surface area contributed by atoms with Crippen molar-refractivity contribution in [2.75, 3.05) is 30.8 Å². The lowest BCUT2D eigenvalue weighted by molar-refractivity contribution is -0.119. The third kappa shape index (κ3) is 4.28. The van der Waals surface area contributed by atoms with Gasteiger partial charge in [-0.05, 0) is 31.5 Å². The van der Waals surface area contributed by atoms with E-state index < -0.39 is 0 Å². The highest BCUT2D eigenvalue weighted by molar-refractivity contribution is 5.99. The predicted octanol–water partition coefficient (Wildman–Crippen LogP) is 1.43. The Bertz CT molecular complexity index is 472. The van der Waals surface area contributed by atoms with Crippen LogP contribution >= 0.6 is 0 Å². The van der Waals surface area contributed by atoms with Crippen molar-refractivity contribution in [3.63, 3.8) is 0 Å². The van der Waals surface area contributed by atoms with Crippen LogP contribution in [0.3, 0.4) is 0 Å². The van der Waals surface area contributed by atoms with Crippen molar-refractivity contribution in [3.8, 4) is 0 Å². The first kappa shape index (κ1) is 15.0. The number of anilines is 2. The molecular formula is C14H21N3O2. The highest BCUT2D eigenvalue weighted by Crippen LogP contribution is 2.20. The minimum absolute atomic E-state index is 0.0291. The van der Waals surface area contributed by atoms with Gasteiger partial charge in [-0.15, -0.1) is 0 Å². The molecule has 0 spiro atoms. The van der Waals surface area contributed by atoms with Gasteiger partial charge < -0.3 is 16.0 Å². The molecule has 0 bridgehead atoms. The first-order chi connectivity index (χ1) is 8.95. The maximum atomic E-state index is 11.6. The molecule has 0 aromatic heterocycles. The summed E-state index contributed by atoms with van der Waals surface area (Å²) >= 11 is 0. The molecule has 0 aliphatic carbocycles. The first-order valence-corrected chi connectivity index (χ1v) is 6.34. The summed E-state index contributed by atoms with van der Waals surface area (Å²) in [6.07, 6.45) is 0.912. The van der Waals surface area contributed by atoms with Gasteiger partial charge in [-0.3, -0.25) is 9.59 Å². The molecule has 0 saturated carbocycles. The average molecular weight is 263 g/mol. The number of likely N-dealkylation sites (N-methyl/N-ethyl adjacent to an activating group) is 1. The van der Waals surface area contributed by atoms with E-state index in [1.807, 2.05) is 14.0 Å². The number of Topliss-reactive ketones (excluding diaryl/α,β-unsaturated/α-hetero) is 1. The van der Waals surface area contributed by atoms with Crippen molar-refractivity contribution in [1.29, 1.82) is 0 Å². The van der Waals surface area contributed by atoms with Crippen LogP contribution in [-0.4, -0.2) is 31.8 Å². The van der Waals surface area contributed by atoms with Crippen molar-refractivity contribution in [1.82, 2.24) is 5.32 Å². The third-order valence-electron chi connectivity index (χ3n) is 2.81. The Morgan fingerprint density at radius 1 is 1.37 bits per heavy atom. The monoisotopic (exact) mass is 263 g/mol. The molecule has 0 unspecified atom stereocenters. The van der Waals surface area contributed by atoms with Crippen LogP contribution < -0.4 is 16.0 Å². The van der Waals surface area contributed by atoms with Crippen molar-refractivity contribution < 1.29 is 9.59 Å². The number of nitrogens with one attached hydrogen (secondary N) is 1. The van der Waals surface area contributed by atoms with Crippen LogP contribution in [0.1, 0.15) is 30.6 Å². The first-order valence-electron chi connectivity index (χ1n) is 6.34. The number of benzene rings is 1. The van der Waals surface area contributed by atoms with E-state index in [9.17, 15) is 9.59 Å². The number of nitrogens with two attached hydrogens (primary N) is 1. The van der Waals surface area contributed by atoms with Gasteiger partial charge in [0.25, 0.3) is 0 Å². The molecule has 0 radical (unpaired) electrons. The molecule has 1 aromatic rings. The molecule has 1 aromatic carbocycles. The average Bonchev–Trinajstić information content (AvgIpc) is 2.35. The molecule has 3 N–H and O–H groups in total. The molecule has 0 fully saturated rings. The summed E-state index contributed by atoms with van der Waals surface area (Å²) in [5.74, 6) is -0.0917. The molecule has 19 heavy (non-hydrogen) atoms. The second-order valence-electron chi connectivity index (χ2n) is 4.53. The second kappa shape index (κ2) is 6.78. The standard InChI is InChI=1S/C14H21N3O2/c1-4-7-16-14(19)9-17(3)11-5-6-12(10(2)18)13(15)8-11/h5-6,8H,4,7,9,15H2,1-3H3,(H,16,19). The number of nitrogens with zero attached hydrogens (tertiary/aromatic N) is 1. The molecule has 1 amide bonds. The lowest BCUT2D eigenvalue weighted by atomic mass is 10.1. The summed E-state index contributed by atoms with van der Waals surface area (Å²) < 4.78 is 0. The fourth-order valence-electron chi connectivity index (χ4n) is 1.74. The molecule has 0 atom stereocenters. The number of hydrogen-bond acceptors (Lipinski definition) is 4. The van der Waals surface area contributed by atoms with Crippen molar-refractivity contribution >= 4 is 23.1 Å². The lowest BCUT2D eigenvalue weighted by Crippen LogP contribution is -2.35. The molecule has 0 saturated heterocycles. The lowest BCUT2D eigenvalue weighted by Gasteiger charge is -2.19. The Hall–Kier alpha value is -2.04. The summed E-state index contributed by atoms with van der Waals surface area (Å²) in [6, 6.07) is 5.19. The van der Waals surface area contributed by atoms with Crippen LogP contribution in [0.5, 0.6) is 0 Å². The highest BCUT2D eigenvalue weighted by Gasteiger charge is 2.10. The van der Waals surface area contributed by atoms with E-state index in [-0.39, 0.29) is 18.2 Å². The Morgan fingerprint density at radius 3 is 2.58 bits per heavy atom. The molecule has 5 heteroatoms. The maximum Gasteiger partial charge on any atom is 0.239 e. The van der Waals surface area contributed by atoms with Crippen molar-refractivity contribution in [2.45, 2.75) is 20.3 Å². The predicted molar refractivity (Wildman–Crippen MR) is 77.4 cm³/mol. The number of carbonyl (C=O) groups excluding carboxylic acids is 2. The number of ketones is 1. The summed E-state index contributed by atoms with van der Waals surface area (Å²) in [7, 11) is 1.81. The van der Waals surface area contributed by atoms with Crippen LogP contribution in [0, 0.1) is 0 Å². The van der Waals surface area contributed by atoms with E-state index in [2.05, 4.69) is 5.32 Å². The Labute approximate surface area is 113 Å². The van der Waals surface area contributed by atoms with E-state index >= 15 is 0 Å². The summed E-state index contributed by atoms with van der Waals surface area (Å²) in [6.45, 7) is 4.43. The van der Waals surface area contributed by atoms with Gasteiger partial charge in [-0.2, -0.15) is 0 Å². The number of hydrogen-bond donors (Lipinski definition) is 2. The van der Waals surface area contributed by atoms with Gasteiger partial charge in [0.05, 0.1) is 6.54 Å². The van der Waals surface area contributed by atoms with Crippen molar-refractivity contribution in [2.24, 2.45) is 0 Å². The van der Waals surface area contributed by atoms with Gasteiger partial charge in [0.15, 0.2) is 5.78 Å². The van der Waals surface area contributed by atoms with Crippen LogP contribution in [0.15, 0.2) is 18.2 Å². The maximum absolute atomic E-state index is 11.6. The minimum Gasteiger partial charge on any atom is -0.398 e. The van der Waals surface area contributed by atoms with Crippen LogP contribution in [-0.2, 0) is 4.79 Å². The third-order valence-corrected chi connectivity index (χ3v) is 2.81. The van der Waals surface area contributed by atoms with E-state index in [1.54, 1.807) is 23.1 Å². The fourth-order valence-corrected chi connectivity index (χ4v) is 1.74. The van der Waals surface area contributed by atoms with Crippen LogP contribution in [0.4, 0.5) is 11.4 Å². The molecule has 104 valence electrons.